The van der Waals surface area contributed by atoms with Gasteiger partial charge in [-0.1, -0.05) is 11.6 Å². The van der Waals surface area contributed by atoms with Gasteiger partial charge in [0.1, 0.15) is 5.15 Å². The van der Waals surface area contributed by atoms with Crippen molar-refractivity contribution in [2.75, 3.05) is 7.11 Å². The maximum Gasteiger partial charge on any atom is 0.376 e. The Labute approximate surface area is 85.0 Å². The lowest BCUT2D eigenvalue weighted by atomic mass is 10.3. The van der Waals surface area contributed by atoms with E-state index in [-0.39, 0.29) is 11.0 Å². The molecule has 0 aliphatic carbocycles. The van der Waals surface area contributed by atoms with Crippen LogP contribution in [0.1, 0.15) is 21.9 Å². The molecule has 0 fully saturated rings. The van der Waals surface area contributed by atoms with Gasteiger partial charge in [-0.2, -0.15) is 0 Å². The minimum atomic E-state index is -0.596. The highest BCUT2D eigenvalue weighted by atomic mass is 35.5. The van der Waals surface area contributed by atoms with Crippen LogP contribution >= 0.6 is 11.6 Å². The van der Waals surface area contributed by atoms with E-state index in [2.05, 4.69) is 14.7 Å². The lowest BCUT2D eigenvalue weighted by Crippen LogP contribution is -2.10. The minimum absolute atomic E-state index is 0.0262. The number of ether oxygens (including phenoxy) is 2. The number of nitrogens with zero attached hydrogens (tertiary/aromatic N) is 2. The van der Waals surface area contributed by atoms with Gasteiger partial charge in [0.05, 0.1) is 26.0 Å². The Morgan fingerprint density at radius 1 is 1.50 bits per heavy atom. The number of carbonyl (C=O) groups excluding carboxylic acids is 1. The molecule has 1 aromatic heterocycles. The Morgan fingerprint density at radius 2 is 2.29 bits per heavy atom. The standard InChI is InChI=1S/C8H7ClN2O3/c1-13-8(12)7-10-5-3-14-2-4(5)6(9)11-7/h2-3H2,1H3. The lowest BCUT2D eigenvalue weighted by molar-refractivity contribution is 0.0586. The molecule has 0 saturated carbocycles. The largest absolute Gasteiger partial charge is 0.463 e. The van der Waals surface area contributed by atoms with Crippen LogP contribution < -0.4 is 0 Å². The third kappa shape index (κ3) is 1.44. The number of halogens is 1. The van der Waals surface area contributed by atoms with Gasteiger partial charge in [0.2, 0.25) is 5.82 Å². The Hall–Kier alpha value is -1.20. The van der Waals surface area contributed by atoms with Crippen LogP contribution in [-0.2, 0) is 22.7 Å². The Morgan fingerprint density at radius 3 is 3.00 bits per heavy atom. The molecule has 0 aromatic carbocycles. The molecule has 14 heavy (non-hydrogen) atoms. The number of esters is 1. The molecule has 1 aliphatic rings. The van der Waals surface area contributed by atoms with E-state index in [1.54, 1.807) is 0 Å². The SMILES string of the molecule is COC(=O)c1nc(Cl)c2c(n1)COC2. The molecule has 0 spiro atoms. The first kappa shape index (κ1) is 9.36. The molecule has 0 saturated heterocycles. The molecule has 2 rings (SSSR count). The van der Waals surface area contributed by atoms with Crippen LogP contribution in [0.4, 0.5) is 0 Å². The maximum absolute atomic E-state index is 11.1. The number of rotatable bonds is 1. The summed E-state index contributed by atoms with van der Waals surface area (Å²) in [5.41, 5.74) is 1.41. The Bertz CT molecular complexity index is 394. The Balaban J connectivity index is 2.46. The summed E-state index contributed by atoms with van der Waals surface area (Å²) in [6.07, 6.45) is 0. The summed E-state index contributed by atoms with van der Waals surface area (Å²) in [5.74, 6) is -0.622. The fraction of sp³-hybridized carbons (Fsp3) is 0.375. The molecular formula is C8H7ClN2O3. The van der Waals surface area contributed by atoms with E-state index in [4.69, 9.17) is 16.3 Å². The fourth-order valence-electron chi connectivity index (χ4n) is 1.19. The first-order valence-electron chi connectivity index (χ1n) is 3.93. The lowest BCUT2D eigenvalue weighted by Gasteiger charge is -2.01. The van der Waals surface area contributed by atoms with E-state index in [1.165, 1.54) is 7.11 Å². The highest BCUT2D eigenvalue weighted by molar-refractivity contribution is 6.30. The van der Waals surface area contributed by atoms with Crippen molar-refractivity contribution in [2.45, 2.75) is 13.2 Å². The van der Waals surface area contributed by atoms with Gasteiger partial charge >= 0.3 is 5.97 Å². The molecule has 6 heteroatoms. The van der Waals surface area contributed by atoms with Gasteiger partial charge in [-0.3, -0.25) is 0 Å². The van der Waals surface area contributed by atoms with Crippen LogP contribution in [-0.4, -0.2) is 23.0 Å². The Kier molecular flexibility index (Phi) is 2.35. The summed E-state index contributed by atoms with van der Waals surface area (Å²) in [5, 5.41) is 0.257. The van der Waals surface area contributed by atoms with Crippen LogP contribution in [0.2, 0.25) is 5.15 Å². The third-order valence-corrected chi connectivity index (χ3v) is 2.21. The van der Waals surface area contributed by atoms with E-state index in [9.17, 15) is 4.79 Å². The third-order valence-electron chi connectivity index (χ3n) is 1.90. The number of hydrogen-bond acceptors (Lipinski definition) is 5. The van der Waals surface area contributed by atoms with E-state index < -0.39 is 5.97 Å². The second-order valence-corrected chi connectivity index (χ2v) is 3.11. The van der Waals surface area contributed by atoms with Crippen molar-refractivity contribution in [2.24, 2.45) is 0 Å². The van der Waals surface area contributed by atoms with Crippen molar-refractivity contribution in [1.82, 2.24) is 9.97 Å². The van der Waals surface area contributed by atoms with Gasteiger partial charge < -0.3 is 9.47 Å². The summed E-state index contributed by atoms with van der Waals surface area (Å²) in [6, 6.07) is 0. The van der Waals surface area contributed by atoms with E-state index >= 15 is 0 Å². The smallest absolute Gasteiger partial charge is 0.376 e. The normalized spacial score (nSPS) is 13.9. The molecule has 0 N–H and O–H groups in total. The first-order valence-corrected chi connectivity index (χ1v) is 4.31. The highest BCUT2D eigenvalue weighted by Gasteiger charge is 2.21. The molecule has 1 aromatic rings. The number of aromatic nitrogens is 2. The number of hydrogen-bond donors (Lipinski definition) is 0. The van der Waals surface area contributed by atoms with Crippen molar-refractivity contribution < 1.29 is 14.3 Å². The zero-order valence-corrected chi connectivity index (χ0v) is 8.17. The van der Waals surface area contributed by atoms with E-state index in [0.29, 0.717) is 18.9 Å². The summed E-state index contributed by atoms with van der Waals surface area (Å²) < 4.78 is 9.61. The van der Waals surface area contributed by atoms with Crippen molar-refractivity contribution in [1.29, 1.82) is 0 Å². The van der Waals surface area contributed by atoms with Crippen molar-refractivity contribution in [3.63, 3.8) is 0 Å². The summed E-state index contributed by atoms with van der Waals surface area (Å²) >= 11 is 5.84. The van der Waals surface area contributed by atoms with Crippen molar-refractivity contribution in [3.8, 4) is 0 Å². The quantitative estimate of drug-likeness (QED) is 0.515. The average Bonchev–Trinajstić information content (AvgIpc) is 2.64. The van der Waals surface area contributed by atoms with Crippen molar-refractivity contribution in [3.05, 3.63) is 22.2 Å². The number of fused-ring (bicyclic) bond motifs is 1. The summed E-state index contributed by atoms with van der Waals surface area (Å²) in [7, 11) is 1.27. The second-order valence-electron chi connectivity index (χ2n) is 2.75. The summed E-state index contributed by atoms with van der Waals surface area (Å²) in [6.45, 7) is 0.761. The van der Waals surface area contributed by atoms with Gasteiger partial charge in [0.15, 0.2) is 0 Å². The van der Waals surface area contributed by atoms with E-state index in [0.717, 1.165) is 5.56 Å². The van der Waals surface area contributed by atoms with E-state index in [1.807, 2.05) is 0 Å². The van der Waals surface area contributed by atoms with Crippen LogP contribution in [0.5, 0.6) is 0 Å². The van der Waals surface area contributed by atoms with Gasteiger partial charge in [-0.05, 0) is 0 Å². The first-order chi connectivity index (χ1) is 6.72. The molecule has 0 amide bonds. The van der Waals surface area contributed by atoms with Crippen LogP contribution in [0.3, 0.4) is 0 Å². The minimum Gasteiger partial charge on any atom is -0.463 e. The molecule has 0 bridgehead atoms. The molecule has 0 radical (unpaired) electrons. The highest BCUT2D eigenvalue weighted by Crippen LogP contribution is 2.24. The van der Waals surface area contributed by atoms with Gasteiger partial charge in [0, 0.05) is 5.56 Å². The zero-order chi connectivity index (χ0) is 10.1. The monoisotopic (exact) mass is 214 g/mol. The van der Waals surface area contributed by atoms with Gasteiger partial charge in [0.25, 0.3) is 0 Å². The molecule has 0 unspecified atom stereocenters. The topological polar surface area (TPSA) is 61.3 Å². The van der Waals surface area contributed by atoms with Crippen molar-refractivity contribution >= 4 is 17.6 Å². The fourth-order valence-corrected chi connectivity index (χ4v) is 1.44. The van der Waals surface area contributed by atoms with Gasteiger partial charge in [-0.25, -0.2) is 14.8 Å². The average molecular weight is 215 g/mol. The van der Waals surface area contributed by atoms with Crippen LogP contribution in [0, 0.1) is 0 Å². The second kappa shape index (κ2) is 3.51. The summed E-state index contributed by atoms with van der Waals surface area (Å²) in [4.78, 5) is 18.9. The number of carbonyl (C=O) groups is 1. The molecule has 5 nitrogen and oxygen atoms in total. The molecule has 74 valence electrons. The predicted molar refractivity (Wildman–Crippen MR) is 46.9 cm³/mol. The zero-order valence-electron chi connectivity index (χ0n) is 7.41. The van der Waals surface area contributed by atoms with Crippen LogP contribution in [0.25, 0.3) is 0 Å². The molecular weight excluding hydrogens is 208 g/mol. The molecule has 2 heterocycles. The molecule has 1 aliphatic heterocycles. The predicted octanol–water partition coefficient (Wildman–Crippen LogP) is 0.947. The molecule has 0 atom stereocenters. The van der Waals surface area contributed by atoms with Gasteiger partial charge in [-0.15, -0.1) is 0 Å². The van der Waals surface area contributed by atoms with Crippen LogP contribution in [0.15, 0.2) is 0 Å². The number of methoxy groups -OCH3 is 1. The maximum atomic E-state index is 11.1.